The van der Waals surface area contributed by atoms with Crippen molar-refractivity contribution in [2.45, 2.75) is 45.8 Å². The number of carbonyl (C=O) groups is 3. The minimum atomic E-state index is -0.825. The normalized spacial score (nSPS) is 13.7. The number of hydrogen-bond acceptors (Lipinski definition) is 5. The van der Waals surface area contributed by atoms with Crippen molar-refractivity contribution in [3.63, 3.8) is 0 Å². The van der Waals surface area contributed by atoms with Crippen LogP contribution in [0.15, 0.2) is 0 Å². The molecule has 0 aliphatic rings. The average Bonchev–Trinajstić information content (AvgIpc) is 2.40. The number of aliphatic hydroxyl groups excluding tert-OH is 2. The summed E-state index contributed by atoms with van der Waals surface area (Å²) in [7, 11) is 0. The molecule has 0 radical (unpaired) electrons. The summed E-state index contributed by atoms with van der Waals surface area (Å²) in [5.74, 6) is -1.52. The highest BCUT2D eigenvalue weighted by Gasteiger charge is 2.27. The lowest BCUT2D eigenvalue weighted by atomic mass is 10.0. The van der Waals surface area contributed by atoms with Gasteiger partial charge in [-0.2, -0.15) is 0 Å². The molecule has 0 fully saturated rings. The molecule has 0 aliphatic heterocycles. The van der Waals surface area contributed by atoms with E-state index in [9.17, 15) is 14.4 Å². The maximum atomic E-state index is 12.1. The van der Waals surface area contributed by atoms with Crippen molar-refractivity contribution in [3.8, 4) is 0 Å². The van der Waals surface area contributed by atoms with Gasteiger partial charge in [-0.25, -0.2) is 0 Å². The number of aliphatic hydroxyl groups is 2. The van der Waals surface area contributed by atoms with Crippen molar-refractivity contribution in [2.75, 3.05) is 13.2 Å². The molecule has 0 bridgehead atoms. The quantitative estimate of drug-likeness (QED) is 0.359. The van der Waals surface area contributed by atoms with E-state index in [0.717, 1.165) is 0 Å². The second-order valence-corrected chi connectivity index (χ2v) is 5.22. The lowest BCUT2D eigenvalue weighted by Gasteiger charge is -2.25. The summed E-state index contributed by atoms with van der Waals surface area (Å²) in [5, 5.41) is 25.3. The fourth-order valence-electron chi connectivity index (χ4n) is 1.62. The first-order valence-corrected chi connectivity index (χ1v) is 6.82. The Kier molecular flexibility index (Phi) is 8.56. The van der Waals surface area contributed by atoms with E-state index in [1.807, 2.05) is 0 Å². The van der Waals surface area contributed by atoms with Crippen LogP contribution < -0.4 is 16.0 Å². The average molecular weight is 303 g/mol. The van der Waals surface area contributed by atoms with E-state index in [1.54, 1.807) is 13.8 Å². The Morgan fingerprint density at radius 2 is 1.43 bits per heavy atom. The van der Waals surface area contributed by atoms with Gasteiger partial charge < -0.3 is 26.2 Å². The van der Waals surface area contributed by atoms with Crippen LogP contribution in [0, 0.1) is 5.92 Å². The van der Waals surface area contributed by atoms with Crippen LogP contribution in [-0.2, 0) is 14.4 Å². The van der Waals surface area contributed by atoms with E-state index in [4.69, 9.17) is 10.2 Å². The first kappa shape index (κ1) is 19.3. The summed E-state index contributed by atoms with van der Waals surface area (Å²) < 4.78 is 0. The van der Waals surface area contributed by atoms with E-state index in [2.05, 4.69) is 16.0 Å². The minimum absolute atomic E-state index is 0.198. The Hall–Kier alpha value is -1.67. The Bertz CT molecular complexity index is 369. The molecule has 0 saturated heterocycles. The Balaban J connectivity index is 4.72. The van der Waals surface area contributed by atoms with Crippen LogP contribution in [0.5, 0.6) is 0 Å². The zero-order chi connectivity index (χ0) is 16.6. The van der Waals surface area contributed by atoms with Crippen molar-refractivity contribution in [1.29, 1.82) is 0 Å². The largest absolute Gasteiger partial charge is 0.394 e. The van der Waals surface area contributed by atoms with Crippen LogP contribution in [0.4, 0.5) is 0 Å². The maximum Gasteiger partial charge on any atom is 0.243 e. The van der Waals surface area contributed by atoms with Crippen molar-refractivity contribution < 1.29 is 24.6 Å². The zero-order valence-corrected chi connectivity index (χ0v) is 12.8. The van der Waals surface area contributed by atoms with E-state index in [0.29, 0.717) is 0 Å². The van der Waals surface area contributed by atoms with Crippen LogP contribution in [0.1, 0.15) is 27.7 Å². The van der Waals surface area contributed by atoms with Gasteiger partial charge in [0.1, 0.15) is 12.1 Å². The molecule has 0 saturated carbocycles. The fourth-order valence-corrected chi connectivity index (χ4v) is 1.62. The molecule has 0 heterocycles. The highest BCUT2D eigenvalue weighted by Crippen LogP contribution is 2.03. The van der Waals surface area contributed by atoms with Gasteiger partial charge in [0.15, 0.2) is 0 Å². The third kappa shape index (κ3) is 7.05. The van der Waals surface area contributed by atoms with Gasteiger partial charge in [0.05, 0.1) is 19.3 Å². The van der Waals surface area contributed by atoms with Crippen molar-refractivity contribution >= 4 is 17.7 Å². The summed E-state index contributed by atoms with van der Waals surface area (Å²) in [6, 6.07) is -2.36. The lowest BCUT2D eigenvalue weighted by molar-refractivity contribution is -0.132. The number of rotatable bonds is 8. The molecule has 2 atom stereocenters. The molecular weight excluding hydrogens is 278 g/mol. The fraction of sp³-hybridized carbons (Fsp3) is 0.769. The smallest absolute Gasteiger partial charge is 0.243 e. The molecule has 21 heavy (non-hydrogen) atoms. The van der Waals surface area contributed by atoms with Crippen LogP contribution in [0.3, 0.4) is 0 Å². The third-order valence-electron chi connectivity index (χ3n) is 2.85. The molecule has 5 N–H and O–H groups in total. The van der Waals surface area contributed by atoms with Crippen LogP contribution in [0.2, 0.25) is 0 Å². The highest BCUT2D eigenvalue weighted by atomic mass is 16.3. The van der Waals surface area contributed by atoms with Gasteiger partial charge in [0.25, 0.3) is 0 Å². The van der Waals surface area contributed by atoms with E-state index in [-0.39, 0.29) is 11.8 Å². The molecule has 0 aromatic carbocycles. The Morgan fingerprint density at radius 3 is 1.81 bits per heavy atom. The maximum absolute atomic E-state index is 12.1. The number of nitrogens with one attached hydrogen (secondary N) is 3. The predicted octanol–water partition coefficient (Wildman–Crippen LogP) is -1.88. The minimum Gasteiger partial charge on any atom is -0.394 e. The molecule has 8 heteroatoms. The van der Waals surface area contributed by atoms with Crippen LogP contribution >= 0.6 is 0 Å². The second kappa shape index (κ2) is 9.30. The van der Waals surface area contributed by atoms with Crippen molar-refractivity contribution in [1.82, 2.24) is 16.0 Å². The summed E-state index contributed by atoms with van der Waals surface area (Å²) in [5.41, 5.74) is 0. The first-order chi connectivity index (χ1) is 9.72. The van der Waals surface area contributed by atoms with Gasteiger partial charge in [-0.15, -0.1) is 0 Å². The summed E-state index contributed by atoms with van der Waals surface area (Å²) in [6.45, 7) is 5.51. The molecule has 0 spiro atoms. The number of amides is 3. The molecule has 8 nitrogen and oxygen atoms in total. The molecule has 2 unspecified atom stereocenters. The van der Waals surface area contributed by atoms with Gasteiger partial charge in [-0.3, -0.25) is 14.4 Å². The van der Waals surface area contributed by atoms with Gasteiger partial charge >= 0.3 is 0 Å². The van der Waals surface area contributed by atoms with Gasteiger partial charge in [0, 0.05) is 6.92 Å². The summed E-state index contributed by atoms with van der Waals surface area (Å²) in [6.07, 6.45) is 0. The van der Waals surface area contributed by atoms with Gasteiger partial charge in [-0.05, 0) is 12.8 Å². The molecule has 0 rings (SSSR count). The lowest BCUT2D eigenvalue weighted by Crippen LogP contribution is -2.56. The SMILES string of the molecule is CC(=O)NC(C)C(=O)NC(C(=O)NC(CO)CO)C(C)C. The number of carbonyl (C=O) groups excluding carboxylic acids is 3. The molecule has 3 amide bonds. The standard InChI is InChI=1S/C13H25N3O5/c1-7(2)11(13(21)15-10(5-17)6-18)16-12(20)8(3)14-9(4)19/h7-8,10-11,17-18H,5-6H2,1-4H3,(H,14,19)(H,15,21)(H,16,20). The van der Waals surface area contributed by atoms with Crippen LogP contribution in [0.25, 0.3) is 0 Å². The molecule has 0 aliphatic carbocycles. The van der Waals surface area contributed by atoms with Crippen molar-refractivity contribution in [2.24, 2.45) is 5.92 Å². The topological polar surface area (TPSA) is 128 Å². The van der Waals surface area contributed by atoms with E-state index >= 15 is 0 Å². The van der Waals surface area contributed by atoms with E-state index in [1.165, 1.54) is 13.8 Å². The molecule has 122 valence electrons. The van der Waals surface area contributed by atoms with Crippen LogP contribution in [-0.4, -0.2) is 59.3 Å². The highest BCUT2D eigenvalue weighted by molar-refractivity contribution is 5.91. The number of hydrogen-bond donors (Lipinski definition) is 5. The molecule has 0 aromatic heterocycles. The van der Waals surface area contributed by atoms with Gasteiger partial charge in [0.2, 0.25) is 17.7 Å². The zero-order valence-electron chi connectivity index (χ0n) is 12.8. The Labute approximate surface area is 124 Å². The summed E-state index contributed by atoms with van der Waals surface area (Å²) >= 11 is 0. The van der Waals surface area contributed by atoms with Crippen molar-refractivity contribution in [3.05, 3.63) is 0 Å². The Morgan fingerprint density at radius 1 is 0.905 bits per heavy atom. The predicted molar refractivity (Wildman–Crippen MR) is 76.1 cm³/mol. The summed E-state index contributed by atoms with van der Waals surface area (Å²) in [4.78, 5) is 34.9. The van der Waals surface area contributed by atoms with Gasteiger partial charge in [-0.1, -0.05) is 13.8 Å². The second-order valence-electron chi connectivity index (χ2n) is 5.22. The first-order valence-electron chi connectivity index (χ1n) is 6.82. The molecular formula is C13H25N3O5. The van der Waals surface area contributed by atoms with E-state index < -0.39 is 43.2 Å². The molecule has 0 aromatic rings. The third-order valence-corrected chi connectivity index (χ3v) is 2.85. The monoisotopic (exact) mass is 303 g/mol.